The fourth-order valence-corrected chi connectivity index (χ4v) is 2.69. The van der Waals surface area contributed by atoms with Crippen molar-refractivity contribution >= 4 is 11.8 Å². The van der Waals surface area contributed by atoms with Gasteiger partial charge in [0.2, 0.25) is 11.8 Å². The summed E-state index contributed by atoms with van der Waals surface area (Å²) in [4.78, 5) is 25.9. The third-order valence-corrected chi connectivity index (χ3v) is 4.41. The van der Waals surface area contributed by atoms with Crippen LogP contribution in [0.25, 0.3) is 0 Å². The van der Waals surface area contributed by atoms with Gasteiger partial charge in [-0.25, -0.2) is 0 Å². The smallest absolute Gasteiger partial charge is 0.248 e. The number of amides is 2. The molecule has 5 heteroatoms. The van der Waals surface area contributed by atoms with Crippen LogP contribution in [0.3, 0.4) is 0 Å². The zero-order chi connectivity index (χ0) is 15.2. The van der Waals surface area contributed by atoms with E-state index in [1.807, 2.05) is 4.90 Å². The number of hydrogen-bond donors (Lipinski definition) is 1. The summed E-state index contributed by atoms with van der Waals surface area (Å²) in [5, 5.41) is 2.80. The number of piperidine rings is 1. The van der Waals surface area contributed by atoms with E-state index in [1.165, 1.54) is 19.3 Å². The van der Waals surface area contributed by atoms with Gasteiger partial charge >= 0.3 is 0 Å². The van der Waals surface area contributed by atoms with Gasteiger partial charge in [-0.2, -0.15) is 0 Å². The number of likely N-dealkylation sites (tertiary alicyclic amines) is 1. The van der Waals surface area contributed by atoms with Crippen molar-refractivity contribution in [2.45, 2.75) is 64.5 Å². The Morgan fingerprint density at radius 2 is 2.05 bits per heavy atom. The monoisotopic (exact) mass is 296 g/mol. The van der Waals surface area contributed by atoms with Crippen molar-refractivity contribution < 1.29 is 14.3 Å². The quantitative estimate of drug-likeness (QED) is 0.778. The summed E-state index contributed by atoms with van der Waals surface area (Å²) < 4.78 is 5.51. The SMILES string of the molecule is CC(OCC1CC1)C(=O)NCCC(=O)N1CCCCC1C. The van der Waals surface area contributed by atoms with Crippen LogP contribution in [0, 0.1) is 5.92 Å². The van der Waals surface area contributed by atoms with Gasteiger partial charge in [-0.1, -0.05) is 0 Å². The van der Waals surface area contributed by atoms with E-state index >= 15 is 0 Å². The van der Waals surface area contributed by atoms with Gasteiger partial charge in [-0.3, -0.25) is 9.59 Å². The third kappa shape index (κ3) is 5.30. The fourth-order valence-electron chi connectivity index (χ4n) is 2.69. The van der Waals surface area contributed by atoms with Gasteiger partial charge in [0.1, 0.15) is 6.10 Å². The number of carbonyl (C=O) groups excluding carboxylic acids is 2. The average Bonchev–Trinajstić information content (AvgIpc) is 3.29. The van der Waals surface area contributed by atoms with Crippen LogP contribution in [-0.4, -0.2) is 48.6 Å². The minimum Gasteiger partial charge on any atom is -0.368 e. The molecule has 21 heavy (non-hydrogen) atoms. The Kier molecular flexibility index (Phi) is 6.03. The fraction of sp³-hybridized carbons (Fsp3) is 0.875. The number of nitrogens with zero attached hydrogens (tertiary/aromatic N) is 1. The number of nitrogens with one attached hydrogen (secondary N) is 1. The number of hydrogen-bond acceptors (Lipinski definition) is 3. The highest BCUT2D eigenvalue weighted by Gasteiger charge is 2.25. The molecule has 5 nitrogen and oxygen atoms in total. The molecule has 2 atom stereocenters. The topological polar surface area (TPSA) is 58.6 Å². The molecule has 2 unspecified atom stereocenters. The Morgan fingerprint density at radius 3 is 2.71 bits per heavy atom. The molecule has 0 radical (unpaired) electrons. The van der Waals surface area contributed by atoms with Gasteiger partial charge in [0, 0.05) is 25.6 Å². The summed E-state index contributed by atoms with van der Waals surface area (Å²) in [5.41, 5.74) is 0. The molecule has 0 aromatic heterocycles. The van der Waals surface area contributed by atoms with E-state index in [0.717, 1.165) is 19.4 Å². The molecule has 0 aromatic carbocycles. The highest BCUT2D eigenvalue weighted by atomic mass is 16.5. The van der Waals surface area contributed by atoms with Gasteiger partial charge in [0.25, 0.3) is 0 Å². The minimum absolute atomic E-state index is 0.116. The van der Waals surface area contributed by atoms with E-state index in [-0.39, 0.29) is 11.8 Å². The first-order valence-electron chi connectivity index (χ1n) is 8.26. The Labute approximate surface area is 127 Å². The second-order valence-corrected chi connectivity index (χ2v) is 6.39. The first-order valence-corrected chi connectivity index (χ1v) is 8.26. The maximum atomic E-state index is 12.1. The lowest BCUT2D eigenvalue weighted by Gasteiger charge is -2.33. The van der Waals surface area contributed by atoms with Crippen molar-refractivity contribution in [3.8, 4) is 0 Å². The largest absolute Gasteiger partial charge is 0.368 e. The van der Waals surface area contributed by atoms with Crippen LogP contribution in [0.2, 0.25) is 0 Å². The molecule has 1 N–H and O–H groups in total. The average molecular weight is 296 g/mol. The summed E-state index contributed by atoms with van der Waals surface area (Å²) in [7, 11) is 0. The maximum Gasteiger partial charge on any atom is 0.248 e. The molecule has 0 bridgehead atoms. The lowest BCUT2D eigenvalue weighted by Crippen LogP contribution is -2.44. The van der Waals surface area contributed by atoms with Gasteiger partial charge in [0.15, 0.2) is 0 Å². The molecule has 1 aliphatic heterocycles. The molecule has 1 saturated carbocycles. The predicted octanol–water partition coefficient (Wildman–Crippen LogP) is 1.71. The van der Waals surface area contributed by atoms with Gasteiger partial charge in [-0.05, 0) is 51.9 Å². The molecular weight excluding hydrogens is 268 g/mol. The van der Waals surface area contributed by atoms with Crippen molar-refractivity contribution in [2.75, 3.05) is 19.7 Å². The zero-order valence-corrected chi connectivity index (χ0v) is 13.3. The zero-order valence-electron chi connectivity index (χ0n) is 13.3. The first-order chi connectivity index (χ1) is 10.1. The predicted molar refractivity (Wildman–Crippen MR) is 80.8 cm³/mol. The third-order valence-electron chi connectivity index (χ3n) is 4.41. The molecule has 2 fully saturated rings. The van der Waals surface area contributed by atoms with Crippen molar-refractivity contribution in [3.05, 3.63) is 0 Å². The molecule has 120 valence electrons. The van der Waals surface area contributed by atoms with Crippen LogP contribution >= 0.6 is 0 Å². The summed E-state index contributed by atoms with van der Waals surface area (Å²) in [6, 6.07) is 0.336. The lowest BCUT2D eigenvalue weighted by atomic mass is 10.0. The number of ether oxygens (including phenoxy) is 1. The van der Waals surface area contributed by atoms with Gasteiger partial charge in [0.05, 0.1) is 6.61 Å². The van der Waals surface area contributed by atoms with Gasteiger partial charge < -0.3 is 15.0 Å². The van der Waals surface area contributed by atoms with Crippen molar-refractivity contribution in [1.29, 1.82) is 0 Å². The Balaban J connectivity index is 1.60. The van der Waals surface area contributed by atoms with E-state index in [9.17, 15) is 9.59 Å². The Bertz CT molecular complexity index is 369. The van der Waals surface area contributed by atoms with Crippen molar-refractivity contribution in [3.63, 3.8) is 0 Å². The van der Waals surface area contributed by atoms with Crippen LogP contribution in [0.5, 0.6) is 0 Å². The van der Waals surface area contributed by atoms with Gasteiger partial charge in [-0.15, -0.1) is 0 Å². The molecule has 0 aromatic rings. The Hall–Kier alpha value is -1.10. The van der Waals surface area contributed by atoms with Crippen LogP contribution in [-0.2, 0) is 14.3 Å². The molecule has 1 heterocycles. The summed E-state index contributed by atoms with van der Waals surface area (Å²) in [6.07, 6.45) is 5.78. The summed E-state index contributed by atoms with van der Waals surface area (Å²) in [5.74, 6) is 0.687. The minimum atomic E-state index is -0.422. The number of carbonyl (C=O) groups is 2. The van der Waals surface area contributed by atoms with Crippen molar-refractivity contribution in [1.82, 2.24) is 10.2 Å². The summed E-state index contributed by atoms with van der Waals surface area (Å²) >= 11 is 0. The highest BCUT2D eigenvalue weighted by Crippen LogP contribution is 2.29. The molecule has 2 amide bonds. The molecule has 0 spiro atoms. The van der Waals surface area contributed by atoms with E-state index in [1.54, 1.807) is 6.92 Å². The normalized spacial score (nSPS) is 23.7. The molecule has 2 rings (SSSR count). The molecular formula is C16H28N2O3. The molecule has 1 saturated heterocycles. The van der Waals surface area contributed by atoms with Crippen LogP contribution < -0.4 is 5.32 Å². The summed E-state index contributed by atoms with van der Waals surface area (Å²) in [6.45, 7) is 5.81. The number of rotatable bonds is 7. The maximum absolute atomic E-state index is 12.1. The van der Waals surface area contributed by atoms with Crippen LogP contribution in [0.1, 0.15) is 52.4 Å². The van der Waals surface area contributed by atoms with Crippen molar-refractivity contribution in [2.24, 2.45) is 5.92 Å². The van der Waals surface area contributed by atoms with E-state index in [4.69, 9.17) is 4.74 Å². The molecule has 2 aliphatic rings. The van der Waals surface area contributed by atoms with E-state index in [0.29, 0.717) is 31.5 Å². The first kappa shape index (κ1) is 16.3. The Morgan fingerprint density at radius 1 is 1.29 bits per heavy atom. The standard InChI is InChI=1S/C16H28N2O3/c1-12-5-3-4-10-18(12)15(19)8-9-17-16(20)13(2)21-11-14-6-7-14/h12-14H,3-11H2,1-2H3,(H,17,20). The molecule has 1 aliphatic carbocycles. The second kappa shape index (κ2) is 7.78. The highest BCUT2D eigenvalue weighted by molar-refractivity contribution is 5.81. The van der Waals surface area contributed by atoms with Crippen LogP contribution in [0.4, 0.5) is 0 Å². The van der Waals surface area contributed by atoms with E-state index in [2.05, 4.69) is 12.2 Å². The second-order valence-electron chi connectivity index (χ2n) is 6.39. The van der Waals surface area contributed by atoms with E-state index < -0.39 is 6.10 Å². The lowest BCUT2D eigenvalue weighted by molar-refractivity contribution is -0.135. The van der Waals surface area contributed by atoms with Crippen LogP contribution in [0.15, 0.2) is 0 Å².